The summed E-state index contributed by atoms with van der Waals surface area (Å²) in [6, 6.07) is 0.726. The van der Waals surface area contributed by atoms with Crippen LogP contribution in [0.3, 0.4) is 0 Å². The molecule has 1 fully saturated rings. The topological polar surface area (TPSA) is 12.0 Å². The third-order valence-electron chi connectivity index (χ3n) is 2.66. The minimum Gasteiger partial charge on any atom is -0.314 e. The van der Waals surface area contributed by atoms with Crippen LogP contribution < -0.4 is 5.32 Å². The van der Waals surface area contributed by atoms with Gasteiger partial charge in [-0.05, 0) is 25.2 Å². The Balaban J connectivity index is 2.02. The Bertz CT molecular complexity index is 172. The molecule has 1 saturated heterocycles. The van der Waals surface area contributed by atoms with Crippen LogP contribution in [0.25, 0.3) is 0 Å². The fourth-order valence-corrected chi connectivity index (χ4v) is 1.88. The number of allylic oxidation sites excluding steroid dienone is 1. The molecule has 3 atom stereocenters. The molecule has 0 aromatic carbocycles. The molecular weight excluding hydrogens is 122 g/mol. The number of hydrogen-bond donors (Lipinski definition) is 1. The normalized spacial score (nSPS) is 45.4. The molecule has 0 aromatic rings. The first-order chi connectivity index (χ1) is 4.77. The average Bonchev–Trinajstić information content (AvgIpc) is 2.60. The monoisotopic (exact) mass is 137 g/mol. The maximum Gasteiger partial charge on any atom is 0.00476 e. The Hall–Kier alpha value is -0.300. The molecule has 1 heterocycles. The molecule has 56 valence electrons. The van der Waals surface area contributed by atoms with E-state index in [1.54, 1.807) is 5.57 Å². The van der Waals surface area contributed by atoms with Gasteiger partial charge in [-0.2, -0.15) is 0 Å². The SMILES string of the molecule is C[C@@H]1CC2C=C2[C@H](C)CN1. The summed E-state index contributed by atoms with van der Waals surface area (Å²) in [4.78, 5) is 0. The van der Waals surface area contributed by atoms with Gasteiger partial charge in [-0.25, -0.2) is 0 Å². The van der Waals surface area contributed by atoms with Crippen LogP contribution in [0.15, 0.2) is 11.6 Å². The van der Waals surface area contributed by atoms with Gasteiger partial charge in [-0.1, -0.05) is 18.6 Å². The summed E-state index contributed by atoms with van der Waals surface area (Å²) >= 11 is 0. The lowest BCUT2D eigenvalue weighted by atomic mass is 10.1. The molecular formula is C9H15N. The Morgan fingerprint density at radius 1 is 1.50 bits per heavy atom. The lowest BCUT2D eigenvalue weighted by Gasteiger charge is -2.10. The van der Waals surface area contributed by atoms with Crippen LogP contribution in [0, 0.1) is 11.8 Å². The van der Waals surface area contributed by atoms with Gasteiger partial charge in [0, 0.05) is 12.6 Å². The van der Waals surface area contributed by atoms with Crippen molar-refractivity contribution in [3.8, 4) is 0 Å². The first kappa shape index (κ1) is 6.41. The second kappa shape index (κ2) is 2.09. The van der Waals surface area contributed by atoms with Gasteiger partial charge in [0.05, 0.1) is 0 Å². The summed E-state index contributed by atoms with van der Waals surface area (Å²) in [6.45, 7) is 5.78. The van der Waals surface area contributed by atoms with E-state index in [-0.39, 0.29) is 0 Å². The first-order valence-corrected chi connectivity index (χ1v) is 4.22. The van der Waals surface area contributed by atoms with E-state index in [9.17, 15) is 0 Å². The van der Waals surface area contributed by atoms with Crippen LogP contribution in [-0.4, -0.2) is 12.6 Å². The Morgan fingerprint density at radius 3 is 3.10 bits per heavy atom. The molecule has 0 bridgehead atoms. The summed E-state index contributed by atoms with van der Waals surface area (Å²) in [7, 11) is 0. The second-order valence-electron chi connectivity index (χ2n) is 3.72. The predicted molar refractivity (Wildman–Crippen MR) is 42.8 cm³/mol. The Labute approximate surface area is 62.5 Å². The molecule has 0 spiro atoms. The number of rotatable bonds is 0. The fraction of sp³-hybridized carbons (Fsp3) is 0.778. The van der Waals surface area contributed by atoms with Crippen molar-refractivity contribution in [2.45, 2.75) is 26.3 Å². The number of fused-ring (bicyclic) bond motifs is 1. The third kappa shape index (κ3) is 0.988. The van der Waals surface area contributed by atoms with Gasteiger partial charge >= 0.3 is 0 Å². The van der Waals surface area contributed by atoms with E-state index in [1.165, 1.54) is 13.0 Å². The molecule has 1 nitrogen and oxygen atoms in total. The van der Waals surface area contributed by atoms with Crippen molar-refractivity contribution in [2.75, 3.05) is 6.54 Å². The van der Waals surface area contributed by atoms with Gasteiger partial charge < -0.3 is 5.32 Å². The van der Waals surface area contributed by atoms with Gasteiger partial charge in [0.25, 0.3) is 0 Å². The highest BCUT2D eigenvalue weighted by Gasteiger charge is 2.32. The molecule has 1 heteroatoms. The van der Waals surface area contributed by atoms with Crippen LogP contribution >= 0.6 is 0 Å². The van der Waals surface area contributed by atoms with Crippen LogP contribution in [-0.2, 0) is 0 Å². The summed E-state index contributed by atoms with van der Waals surface area (Å²) < 4.78 is 0. The molecule has 1 aliphatic heterocycles. The van der Waals surface area contributed by atoms with Crippen LogP contribution in [0.1, 0.15) is 20.3 Å². The highest BCUT2D eigenvalue weighted by molar-refractivity contribution is 5.32. The van der Waals surface area contributed by atoms with E-state index in [2.05, 4.69) is 25.2 Å². The minimum atomic E-state index is 0.726. The zero-order valence-corrected chi connectivity index (χ0v) is 6.72. The Morgan fingerprint density at radius 2 is 2.30 bits per heavy atom. The number of hydrogen-bond acceptors (Lipinski definition) is 1. The standard InChI is InChI=1S/C9H15N/c1-6-5-10-7(2)3-8-4-9(6)8/h4,6-8,10H,3,5H2,1-2H3/t6-,7-,8?/m1/s1. The summed E-state index contributed by atoms with van der Waals surface area (Å²) in [5, 5.41) is 3.51. The molecule has 10 heavy (non-hydrogen) atoms. The average molecular weight is 137 g/mol. The lowest BCUT2D eigenvalue weighted by Crippen LogP contribution is -2.27. The van der Waals surface area contributed by atoms with E-state index >= 15 is 0 Å². The van der Waals surface area contributed by atoms with Crippen molar-refractivity contribution < 1.29 is 0 Å². The third-order valence-corrected chi connectivity index (χ3v) is 2.66. The van der Waals surface area contributed by atoms with E-state index in [0.29, 0.717) is 0 Å². The zero-order chi connectivity index (χ0) is 7.14. The molecule has 0 aromatic heterocycles. The number of nitrogens with one attached hydrogen (secondary N) is 1. The summed E-state index contributed by atoms with van der Waals surface area (Å²) in [5.74, 6) is 1.68. The van der Waals surface area contributed by atoms with E-state index in [1.807, 2.05) is 0 Å². The molecule has 1 unspecified atom stereocenters. The van der Waals surface area contributed by atoms with Crippen LogP contribution in [0.4, 0.5) is 0 Å². The van der Waals surface area contributed by atoms with E-state index < -0.39 is 0 Å². The molecule has 2 rings (SSSR count). The quantitative estimate of drug-likeness (QED) is 0.500. The highest BCUT2D eigenvalue weighted by Crippen LogP contribution is 2.40. The molecule has 0 amide bonds. The minimum absolute atomic E-state index is 0.726. The van der Waals surface area contributed by atoms with Gasteiger partial charge in [-0.3, -0.25) is 0 Å². The van der Waals surface area contributed by atoms with E-state index in [0.717, 1.165) is 17.9 Å². The maximum absolute atomic E-state index is 3.51. The van der Waals surface area contributed by atoms with Crippen molar-refractivity contribution in [2.24, 2.45) is 11.8 Å². The van der Waals surface area contributed by atoms with Crippen molar-refractivity contribution in [1.29, 1.82) is 0 Å². The summed E-state index contributed by atoms with van der Waals surface area (Å²) in [6.07, 6.45) is 3.77. The highest BCUT2D eigenvalue weighted by atomic mass is 14.9. The predicted octanol–water partition coefficient (Wildman–Crippen LogP) is 1.56. The van der Waals surface area contributed by atoms with Crippen molar-refractivity contribution in [1.82, 2.24) is 5.32 Å². The fourth-order valence-electron chi connectivity index (χ4n) is 1.88. The van der Waals surface area contributed by atoms with E-state index in [4.69, 9.17) is 0 Å². The first-order valence-electron chi connectivity index (χ1n) is 4.22. The van der Waals surface area contributed by atoms with Crippen molar-refractivity contribution in [3.05, 3.63) is 11.6 Å². The van der Waals surface area contributed by atoms with Crippen molar-refractivity contribution in [3.63, 3.8) is 0 Å². The summed E-state index contributed by atoms with van der Waals surface area (Å²) in [5.41, 5.74) is 1.71. The largest absolute Gasteiger partial charge is 0.314 e. The van der Waals surface area contributed by atoms with Gasteiger partial charge in [0.15, 0.2) is 0 Å². The molecule has 0 saturated carbocycles. The van der Waals surface area contributed by atoms with Gasteiger partial charge in [-0.15, -0.1) is 0 Å². The molecule has 2 aliphatic rings. The van der Waals surface area contributed by atoms with Gasteiger partial charge in [0.1, 0.15) is 0 Å². The van der Waals surface area contributed by atoms with Crippen molar-refractivity contribution >= 4 is 0 Å². The molecule has 1 aliphatic carbocycles. The zero-order valence-electron chi connectivity index (χ0n) is 6.72. The molecule has 1 N–H and O–H groups in total. The lowest BCUT2D eigenvalue weighted by molar-refractivity contribution is 0.509. The van der Waals surface area contributed by atoms with Crippen LogP contribution in [0.2, 0.25) is 0 Å². The Kier molecular flexibility index (Phi) is 1.34. The van der Waals surface area contributed by atoms with Crippen LogP contribution in [0.5, 0.6) is 0 Å². The smallest absolute Gasteiger partial charge is 0.00476 e. The second-order valence-corrected chi connectivity index (χ2v) is 3.72. The van der Waals surface area contributed by atoms with Gasteiger partial charge in [0.2, 0.25) is 0 Å². The molecule has 0 radical (unpaired) electrons. The maximum atomic E-state index is 3.51.